The second-order valence-electron chi connectivity index (χ2n) is 7.19. The SMILES string of the molecule is CCn1c2ccccc2c2cc(NS(=O)(=O)c3cc(C)c(OC)cc3C)ccc21. The van der Waals surface area contributed by atoms with Gasteiger partial charge >= 0.3 is 0 Å². The first-order valence-electron chi connectivity index (χ1n) is 9.54. The molecule has 0 bridgehead atoms. The van der Waals surface area contributed by atoms with Crippen LogP contribution in [0.5, 0.6) is 5.75 Å². The Morgan fingerprint density at radius 2 is 1.66 bits per heavy atom. The predicted molar refractivity (Wildman–Crippen MR) is 118 cm³/mol. The summed E-state index contributed by atoms with van der Waals surface area (Å²) in [6, 6.07) is 17.3. The Morgan fingerprint density at radius 3 is 2.38 bits per heavy atom. The van der Waals surface area contributed by atoms with Gasteiger partial charge in [0.25, 0.3) is 10.0 Å². The summed E-state index contributed by atoms with van der Waals surface area (Å²) >= 11 is 0. The maximum Gasteiger partial charge on any atom is 0.262 e. The molecule has 1 aromatic heterocycles. The fourth-order valence-electron chi connectivity index (χ4n) is 3.94. The van der Waals surface area contributed by atoms with Crippen molar-refractivity contribution in [3.05, 3.63) is 65.7 Å². The number of methoxy groups -OCH3 is 1. The molecule has 0 aliphatic rings. The predicted octanol–water partition coefficient (Wildman–Crippen LogP) is 5.24. The van der Waals surface area contributed by atoms with Gasteiger partial charge in [-0.25, -0.2) is 8.42 Å². The van der Waals surface area contributed by atoms with Gasteiger partial charge in [-0.3, -0.25) is 4.72 Å². The minimum atomic E-state index is -3.72. The molecule has 0 spiro atoms. The summed E-state index contributed by atoms with van der Waals surface area (Å²) in [7, 11) is -2.14. The third-order valence-electron chi connectivity index (χ3n) is 5.32. The summed E-state index contributed by atoms with van der Waals surface area (Å²) in [5, 5.41) is 2.15. The van der Waals surface area contributed by atoms with Gasteiger partial charge in [-0.15, -0.1) is 0 Å². The molecule has 1 N–H and O–H groups in total. The highest BCUT2D eigenvalue weighted by molar-refractivity contribution is 7.92. The van der Waals surface area contributed by atoms with Gasteiger partial charge in [0.1, 0.15) is 5.75 Å². The second-order valence-corrected chi connectivity index (χ2v) is 8.84. The molecular formula is C23H24N2O3S. The molecule has 0 atom stereocenters. The van der Waals surface area contributed by atoms with Gasteiger partial charge in [-0.2, -0.15) is 0 Å². The first kappa shape index (κ1) is 19.3. The van der Waals surface area contributed by atoms with E-state index in [4.69, 9.17) is 4.74 Å². The Balaban J connectivity index is 1.80. The molecule has 150 valence electrons. The maximum atomic E-state index is 13.1. The molecular weight excluding hydrogens is 384 g/mol. The first-order valence-corrected chi connectivity index (χ1v) is 11.0. The lowest BCUT2D eigenvalue weighted by molar-refractivity contribution is 0.411. The molecule has 1 heterocycles. The van der Waals surface area contributed by atoms with Crippen LogP contribution in [-0.2, 0) is 16.6 Å². The third-order valence-corrected chi connectivity index (χ3v) is 6.85. The van der Waals surface area contributed by atoms with Gasteiger partial charge in [0.2, 0.25) is 0 Å². The molecule has 3 aromatic carbocycles. The van der Waals surface area contributed by atoms with E-state index in [9.17, 15) is 8.42 Å². The number of ether oxygens (including phenoxy) is 1. The number of anilines is 1. The van der Waals surface area contributed by atoms with Crippen molar-refractivity contribution in [2.45, 2.75) is 32.2 Å². The van der Waals surface area contributed by atoms with Crippen molar-refractivity contribution in [1.29, 1.82) is 0 Å². The topological polar surface area (TPSA) is 60.3 Å². The van der Waals surface area contributed by atoms with Gasteiger partial charge in [0.05, 0.1) is 12.0 Å². The molecule has 5 nitrogen and oxygen atoms in total. The van der Waals surface area contributed by atoms with E-state index >= 15 is 0 Å². The van der Waals surface area contributed by atoms with Crippen LogP contribution in [0.2, 0.25) is 0 Å². The molecule has 0 saturated heterocycles. The van der Waals surface area contributed by atoms with Crippen molar-refractivity contribution < 1.29 is 13.2 Å². The number of nitrogens with zero attached hydrogens (tertiary/aromatic N) is 1. The number of hydrogen-bond acceptors (Lipinski definition) is 3. The molecule has 0 saturated carbocycles. The van der Waals surface area contributed by atoms with E-state index in [1.165, 1.54) is 0 Å². The zero-order valence-corrected chi connectivity index (χ0v) is 17.8. The number of hydrogen-bond donors (Lipinski definition) is 1. The lowest BCUT2D eigenvalue weighted by Crippen LogP contribution is -2.14. The van der Waals surface area contributed by atoms with E-state index in [0.717, 1.165) is 33.9 Å². The minimum absolute atomic E-state index is 0.256. The van der Waals surface area contributed by atoms with Crippen LogP contribution in [0.15, 0.2) is 59.5 Å². The zero-order chi connectivity index (χ0) is 20.8. The number of aromatic nitrogens is 1. The number of nitrogens with one attached hydrogen (secondary N) is 1. The average molecular weight is 409 g/mol. The van der Waals surface area contributed by atoms with E-state index in [1.807, 2.05) is 37.3 Å². The lowest BCUT2D eigenvalue weighted by Gasteiger charge is -2.14. The summed E-state index contributed by atoms with van der Waals surface area (Å²) < 4.78 is 36.4. The second kappa shape index (κ2) is 7.12. The van der Waals surface area contributed by atoms with Gasteiger partial charge < -0.3 is 9.30 Å². The number of para-hydroxylation sites is 1. The Bertz CT molecular complexity index is 1340. The molecule has 0 aliphatic carbocycles. The molecule has 4 aromatic rings. The molecule has 6 heteroatoms. The molecule has 0 radical (unpaired) electrons. The highest BCUT2D eigenvalue weighted by Gasteiger charge is 2.20. The highest BCUT2D eigenvalue weighted by atomic mass is 32.2. The van der Waals surface area contributed by atoms with Gasteiger partial charge in [0, 0.05) is 34.0 Å². The van der Waals surface area contributed by atoms with Crippen LogP contribution in [0.4, 0.5) is 5.69 Å². The lowest BCUT2D eigenvalue weighted by atomic mass is 10.1. The van der Waals surface area contributed by atoms with E-state index < -0.39 is 10.0 Å². The summed E-state index contributed by atoms with van der Waals surface area (Å²) in [5.41, 5.74) is 4.20. The Labute approximate surface area is 171 Å². The number of fused-ring (bicyclic) bond motifs is 3. The molecule has 29 heavy (non-hydrogen) atoms. The smallest absolute Gasteiger partial charge is 0.262 e. The monoisotopic (exact) mass is 408 g/mol. The van der Waals surface area contributed by atoms with Gasteiger partial charge in [-0.1, -0.05) is 18.2 Å². The normalized spacial score (nSPS) is 11.9. The Hall–Kier alpha value is -2.99. The quantitative estimate of drug-likeness (QED) is 0.491. The van der Waals surface area contributed by atoms with E-state index in [0.29, 0.717) is 17.0 Å². The number of benzene rings is 3. The fraction of sp³-hybridized carbons (Fsp3) is 0.217. The summed E-state index contributed by atoms with van der Waals surface area (Å²) in [6.07, 6.45) is 0. The standard InChI is InChI=1S/C23H24N2O3S/c1-5-25-20-9-7-6-8-18(20)19-14-17(10-11-21(19)25)24-29(26,27)23-13-15(2)22(28-4)12-16(23)3/h6-14,24H,5H2,1-4H3. The van der Waals surface area contributed by atoms with Crippen LogP contribution < -0.4 is 9.46 Å². The van der Waals surface area contributed by atoms with Crippen molar-refractivity contribution in [2.24, 2.45) is 0 Å². The molecule has 0 unspecified atom stereocenters. The number of sulfonamides is 1. The van der Waals surface area contributed by atoms with Gasteiger partial charge in [0.15, 0.2) is 0 Å². The van der Waals surface area contributed by atoms with Crippen LogP contribution in [0, 0.1) is 13.8 Å². The van der Waals surface area contributed by atoms with Gasteiger partial charge in [-0.05, 0) is 68.3 Å². The van der Waals surface area contributed by atoms with E-state index in [-0.39, 0.29) is 4.90 Å². The maximum absolute atomic E-state index is 13.1. The average Bonchev–Trinajstić information content (AvgIpc) is 3.02. The minimum Gasteiger partial charge on any atom is -0.496 e. The summed E-state index contributed by atoms with van der Waals surface area (Å²) in [4.78, 5) is 0.256. The molecule has 0 fully saturated rings. The van der Waals surface area contributed by atoms with Crippen molar-refractivity contribution in [3.8, 4) is 5.75 Å². The number of rotatable bonds is 5. The highest BCUT2D eigenvalue weighted by Crippen LogP contribution is 2.32. The van der Waals surface area contributed by atoms with Crippen LogP contribution in [0.1, 0.15) is 18.1 Å². The van der Waals surface area contributed by atoms with Crippen LogP contribution >= 0.6 is 0 Å². The molecule has 0 aliphatic heterocycles. The molecule has 4 rings (SSSR count). The van der Waals surface area contributed by atoms with Crippen molar-refractivity contribution >= 4 is 37.5 Å². The Morgan fingerprint density at radius 1 is 0.931 bits per heavy atom. The van der Waals surface area contributed by atoms with Crippen molar-refractivity contribution in [2.75, 3.05) is 11.8 Å². The first-order chi connectivity index (χ1) is 13.9. The fourth-order valence-corrected chi connectivity index (χ4v) is 5.30. The number of aryl methyl sites for hydroxylation is 3. The molecule has 0 amide bonds. The summed E-state index contributed by atoms with van der Waals surface area (Å²) in [6.45, 7) is 6.56. The van der Waals surface area contributed by atoms with E-state index in [2.05, 4.69) is 28.3 Å². The van der Waals surface area contributed by atoms with E-state index in [1.54, 1.807) is 26.2 Å². The third kappa shape index (κ3) is 3.23. The Kier molecular flexibility index (Phi) is 4.74. The van der Waals surface area contributed by atoms with Crippen LogP contribution in [0.25, 0.3) is 21.8 Å². The summed E-state index contributed by atoms with van der Waals surface area (Å²) in [5.74, 6) is 0.676. The van der Waals surface area contributed by atoms with Crippen LogP contribution in [-0.4, -0.2) is 20.1 Å². The van der Waals surface area contributed by atoms with Crippen molar-refractivity contribution in [1.82, 2.24) is 4.57 Å². The zero-order valence-electron chi connectivity index (χ0n) is 17.0. The van der Waals surface area contributed by atoms with Crippen LogP contribution in [0.3, 0.4) is 0 Å². The largest absolute Gasteiger partial charge is 0.496 e. The van der Waals surface area contributed by atoms with Crippen molar-refractivity contribution in [3.63, 3.8) is 0 Å².